The molecule has 1 fully saturated rings. The molecule has 0 aliphatic carbocycles. The molecule has 1 saturated heterocycles. The lowest BCUT2D eigenvalue weighted by Gasteiger charge is -2.32. The first-order valence-electron chi connectivity index (χ1n) is 6.97. The third-order valence-corrected chi connectivity index (χ3v) is 4.40. The summed E-state index contributed by atoms with van der Waals surface area (Å²) >= 11 is 0. The van der Waals surface area contributed by atoms with E-state index in [1.165, 1.54) is 16.9 Å². The molecule has 0 bridgehead atoms. The van der Waals surface area contributed by atoms with Gasteiger partial charge in [-0.15, -0.1) is 0 Å². The molecule has 2 aliphatic rings. The van der Waals surface area contributed by atoms with Crippen LogP contribution in [0, 0.1) is 5.92 Å². The summed E-state index contributed by atoms with van der Waals surface area (Å²) in [5.74, 6) is -0.799. The second-order valence-electron chi connectivity index (χ2n) is 5.58. The van der Waals surface area contributed by atoms with Gasteiger partial charge < -0.3 is 14.9 Å². The van der Waals surface area contributed by atoms with Crippen LogP contribution in [0.15, 0.2) is 18.2 Å². The predicted octanol–water partition coefficient (Wildman–Crippen LogP) is 1.98. The van der Waals surface area contributed by atoms with Crippen molar-refractivity contribution in [3.05, 3.63) is 23.8 Å². The van der Waals surface area contributed by atoms with E-state index in [1.807, 2.05) is 0 Å². The third-order valence-electron chi connectivity index (χ3n) is 4.40. The Balaban J connectivity index is 1.73. The Labute approximate surface area is 113 Å². The maximum absolute atomic E-state index is 11.0. The Morgan fingerprint density at radius 3 is 2.68 bits per heavy atom. The van der Waals surface area contributed by atoms with E-state index in [9.17, 15) is 4.79 Å². The second-order valence-corrected chi connectivity index (χ2v) is 5.58. The Morgan fingerprint density at radius 1 is 1.26 bits per heavy atom. The van der Waals surface area contributed by atoms with Crippen molar-refractivity contribution in [1.29, 1.82) is 0 Å². The second kappa shape index (κ2) is 4.76. The molecule has 0 amide bonds. The summed E-state index contributed by atoms with van der Waals surface area (Å²) < 4.78 is 0. The number of benzene rings is 1. The number of carboxylic acids is 1. The zero-order chi connectivity index (χ0) is 13.4. The summed E-state index contributed by atoms with van der Waals surface area (Å²) in [6, 6.07) is 6.64. The van der Waals surface area contributed by atoms with Crippen LogP contribution in [0.3, 0.4) is 0 Å². The van der Waals surface area contributed by atoms with E-state index in [4.69, 9.17) is 5.11 Å². The summed E-state index contributed by atoms with van der Waals surface area (Å²) in [7, 11) is 2.13. The van der Waals surface area contributed by atoms with E-state index in [2.05, 4.69) is 35.0 Å². The molecule has 0 radical (unpaired) electrons. The molecule has 0 unspecified atom stereocenters. The van der Waals surface area contributed by atoms with Crippen LogP contribution in [0.2, 0.25) is 0 Å². The van der Waals surface area contributed by atoms with Crippen molar-refractivity contribution in [2.24, 2.45) is 5.92 Å². The fraction of sp³-hybridized carbons (Fsp3) is 0.533. The highest BCUT2D eigenvalue weighted by Gasteiger charge is 2.25. The van der Waals surface area contributed by atoms with Gasteiger partial charge in [0.2, 0.25) is 0 Å². The molecule has 2 heterocycles. The van der Waals surface area contributed by atoms with E-state index in [1.54, 1.807) is 0 Å². The first-order valence-corrected chi connectivity index (χ1v) is 6.97. The SMILES string of the molecule is CN1CCc2cc(N3CCC(C(=O)O)CC3)ccc21. The summed E-state index contributed by atoms with van der Waals surface area (Å²) in [5.41, 5.74) is 4.00. The molecule has 0 spiro atoms. The van der Waals surface area contributed by atoms with E-state index >= 15 is 0 Å². The Morgan fingerprint density at radius 2 is 2.00 bits per heavy atom. The van der Waals surface area contributed by atoms with Crippen LogP contribution in [-0.2, 0) is 11.2 Å². The topological polar surface area (TPSA) is 43.8 Å². The lowest BCUT2D eigenvalue weighted by molar-refractivity contribution is -0.142. The highest BCUT2D eigenvalue weighted by Crippen LogP contribution is 2.32. The highest BCUT2D eigenvalue weighted by molar-refractivity contribution is 5.71. The summed E-state index contributed by atoms with van der Waals surface area (Å²) in [6.07, 6.45) is 2.63. The zero-order valence-corrected chi connectivity index (χ0v) is 11.3. The van der Waals surface area contributed by atoms with Crippen LogP contribution in [0.4, 0.5) is 11.4 Å². The van der Waals surface area contributed by atoms with Gasteiger partial charge in [0.05, 0.1) is 5.92 Å². The molecule has 1 aromatic rings. The van der Waals surface area contributed by atoms with Crippen molar-refractivity contribution in [2.45, 2.75) is 19.3 Å². The fourth-order valence-corrected chi connectivity index (χ4v) is 3.13. The molecule has 4 heteroatoms. The number of aliphatic carboxylic acids is 1. The van der Waals surface area contributed by atoms with Gasteiger partial charge >= 0.3 is 5.97 Å². The minimum absolute atomic E-state index is 0.156. The molecule has 0 aromatic heterocycles. The van der Waals surface area contributed by atoms with Crippen molar-refractivity contribution < 1.29 is 9.90 Å². The average Bonchev–Trinajstić information content (AvgIpc) is 2.80. The summed E-state index contributed by atoms with van der Waals surface area (Å²) in [4.78, 5) is 15.6. The molecule has 0 saturated carbocycles. The molecular formula is C15H20N2O2. The molecule has 1 N–H and O–H groups in total. The predicted molar refractivity (Wildman–Crippen MR) is 76.0 cm³/mol. The normalized spacial score (nSPS) is 19.6. The average molecular weight is 260 g/mol. The van der Waals surface area contributed by atoms with Gasteiger partial charge in [0, 0.05) is 38.1 Å². The van der Waals surface area contributed by atoms with Crippen molar-refractivity contribution in [3.8, 4) is 0 Å². The molecule has 2 aliphatic heterocycles. The number of carboxylic acid groups (broad SMARTS) is 1. The zero-order valence-electron chi connectivity index (χ0n) is 11.3. The molecule has 102 valence electrons. The number of hydrogen-bond donors (Lipinski definition) is 1. The van der Waals surface area contributed by atoms with Crippen LogP contribution in [0.1, 0.15) is 18.4 Å². The Hall–Kier alpha value is -1.71. The van der Waals surface area contributed by atoms with Crippen LogP contribution in [0.25, 0.3) is 0 Å². The van der Waals surface area contributed by atoms with Gasteiger partial charge in [0.15, 0.2) is 0 Å². The largest absolute Gasteiger partial charge is 0.481 e. The molecular weight excluding hydrogens is 240 g/mol. The van der Waals surface area contributed by atoms with Crippen LogP contribution >= 0.6 is 0 Å². The third kappa shape index (κ3) is 2.27. The van der Waals surface area contributed by atoms with Gasteiger partial charge in [-0.2, -0.15) is 0 Å². The quantitative estimate of drug-likeness (QED) is 0.883. The van der Waals surface area contributed by atoms with Crippen LogP contribution in [-0.4, -0.2) is 37.8 Å². The minimum Gasteiger partial charge on any atom is -0.481 e. The van der Waals surface area contributed by atoms with E-state index < -0.39 is 5.97 Å². The lowest BCUT2D eigenvalue weighted by atomic mass is 9.96. The van der Waals surface area contributed by atoms with E-state index in [0.29, 0.717) is 0 Å². The summed E-state index contributed by atoms with van der Waals surface area (Å²) in [6.45, 7) is 2.80. The maximum atomic E-state index is 11.0. The number of fused-ring (bicyclic) bond motifs is 1. The van der Waals surface area contributed by atoms with Gasteiger partial charge in [0.25, 0.3) is 0 Å². The van der Waals surface area contributed by atoms with Crippen LogP contribution < -0.4 is 9.80 Å². The van der Waals surface area contributed by atoms with Crippen molar-refractivity contribution in [1.82, 2.24) is 0 Å². The number of carbonyl (C=O) groups is 1. The number of piperidine rings is 1. The molecule has 0 atom stereocenters. The monoisotopic (exact) mass is 260 g/mol. The van der Waals surface area contributed by atoms with Crippen LogP contribution in [0.5, 0.6) is 0 Å². The smallest absolute Gasteiger partial charge is 0.306 e. The summed E-state index contributed by atoms with van der Waals surface area (Å²) in [5, 5.41) is 9.03. The van der Waals surface area contributed by atoms with Gasteiger partial charge in [0.1, 0.15) is 0 Å². The van der Waals surface area contributed by atoms with Crippen molar-refractivity contribution >= 4 is 17.3 Å². The van der Waals surface area contributed by atoms with E-state index in [-0.39, 0.29) is 5.92 Å². The number of rotatable bonds is 2. The van der Waals surface area contributed by atoms with Gasteiger partial charge in [-0.3, -0.25) is 4.79 Å². The highest BCUT2D eigenvalue weighted by atomic mass is 16.4. The molecule has 4 nitrogen and oxygen atoms in total. The Bertz CT molecular complexity index is 493. The van der Waals surface area contributed by atoms with Crippen molar-refractivity contribution in [2.75, 3.05) is 36.5 Å². The maximum Gasteiger partial charge on any atom is 0.306 e. The first kappa shape index (κ1) is 12.3. The number of likely N-dealkylation sites (N-methyl/N-ethyl adjacent to an activating group) is 1. The molecule has 19 heavy (non-hydrogen) atoms. The van der Waals surface area contributed by atoms with Gasteiger partial charge in [-0.05, 0) is 43.0 Å². The lowest BCUT2D eigenvalue weighted by Crippen LogP contribution is -2.36. The van der Waals surface area contributed by atoms with E-state index in [0.717, 1.165) is 38.9 Å². The molecule has 1 aromatic carbocycles. The minimum atomic E-state index is -0.643. The fourth-order valence-electron chi connectivity index (χ4n) is 3.13. The Kier molecular flexibility index (Phi) is 3.09. The number of nitrogens with zero attached hydrogens (tertiary/aromatic N) is 2. The van der Waals surface area contributed by atoms with Crippen molar-refractivity contribution in [3.63, 3.8) is 0 Å². The standard InChI is InChI=1S/C15H20N2O2/c1-16-7-4-12-10-13(2-3-14(12)16)17-8-5-11(6-9-17)15(18)19/h2-3,10-11H,4-9H2,1H3,(H,18,19). The van der Waals surface area contributed by atoms with Gasteiger partial charge in [-0.1, -0.05) is 0 Å². The van der Waals surface area contributed by atoms with Gasteiger partial charge in [-0.25, -0.2) is 0 Å². The number of anilines is 2. The first-order chi connectivity index (χ1) is 9.15. The molecule has 3 rings (SSSR count). The number of hydrogen-bond acceptors (Lipinski definition) is 3.